The summed E-state index contributed by atoms with van der Waals surface area (Å²) < 4.78 is 0. The van der Waals surface area contributed by atoms with Crippen LogP contribution < -0.4 is 5.32 Å². The van der Waals surface area contributed by atoms with Crippen molar-refractivity contribution in [2.24, 2.45) is 0 Å². The number of carbonyl (C=O) groups is 2. The molecule has 1 aliphatic carbocycles. The van der Waals surface area contributed by atoms with Crippen molar-refractivity contribution in [1.29, 1.82) is 0 Å². The molecule has 1 aromatic heterocycles. The van der Waals surface area contributed by atoms with E-state index in [4.69, 9.17) is 0 Å². The molecule has 0 radical (unpaired) electrons. The van der Waals surface area contributed by atoms with Crippen LogP contribution in [0.1, 0.15) is 43.1 Å². The summed E-state index contributed by atoms with van der Waals surface area (Å²) in [4.78, 5) is 33.5. The van der Waals surface area contributed by atoms with Gasteiger partial charge in [-0.2, -0.15) is 0 Å². The molecule has 3 heterocycles. The Morgan fingerprint density at radius 1 is 1.11 bits per heavy atom. The standard InChI is InChI=1S/C22H22N4O2/c1-25-6-8-26(9-7-25)22(28)16-11-19-17(4-5-20(19)23-13-16)14-2-3-18-15(10-14)12-24-21(18)27/h2-4,10-11,13H,5-9,12H2,1H3,(H,24,27). The topological polar surface area (TPSA) is 65.5 Å². The molecular weight excluding hydrogens is 352 g/mol. The first-order valence-corrected chi connectivity index (χ1v) is 9.69. The number of carbonyl (C=O) groups excluding carboxylic acids is 2. The first-order valence-electron chi connectivity index (χ1n) is 9.69. The highest BCUT2D eigenvalue weighted by Gasteiger charge is 2.25. The lowest BCUT2D eigenvalue weighted by Crippen LogP contribution is -2.47. The molecule has 6 nitrogen and oxygen atoms in total. The van der Waals surface area contributed by atoms with Crippen LogP contribution in [-0.2, 0) is 13.0 Å². The maximum atomic E-state index is 12.9. The zero-order valence-electron chi connectivity index (χ0n) is 15.9. The molecule has 0 spiro atoms. The first-order chi connectivity index (χ1) is 13.6. The van der Waals surface area contributed by atoms with E-state index < -0.39 is 0 Å². The van der Waals surface area contributed by atoms with Gasteiger partial charge >= 0.3 is 0 Å². The SMILES string of the molecule is CN1CCN(C(=O)c2cnc3c(c2)C(c2ccc4c(c2)CNC4=O)=CC3)CC1. The number of pyridine rings is 1. The second kappa shape index (κ2) is 6.56. The normalized spacial score (nSPS) is 18.5. The van der Waals surface area contributed by atoms with Gasteiger partial charge in [-0.25, -0.2) is 0 Å². The smallest absolute Gasteiger partial charge is 0.255 e. The van der Waals surface area contributed by atoms with Crippen LogP contribution in [0.5, 0.6) is 0 Å². The minimum atomic E-state index is -0.0101. The zero-order valence-corrected chi connectivity index (χ0v) is 15.9. The second-order valence-electron chi connectivity index (χ2n) is 7.69. The minimum Gasteiger partial charge on any atom is -0.348 e. The van der Waals surface area contributed by atoms with Gasteiger partial charge in [0.25, 0.3) is 11.8 Å². The maximum Gasteiger partial charge on any atom is 0.255 e. The summed E-state index contributed by atoms with van der Waals surface area (Å²) in [6.07, 6.45) is 4.64. The van der Waals surface area contributed by atoms with Crippen molar-refractivity contribution in [3.8, 4) is 0 Å². The zero-order chi connectivity index (χ0) is 19.3. The minimum absolute atomic E-state index is 0.0101. The summed E-state index contributed by atoms with van der Waals surface area (Å²) >= 11 is 0. The number of benzene rings is 1. The molecule has 28 heavy (non-hydrogen) atoms. The number of piperazine rings is 1. The fraction of sp³-hybridized carbons (Fsp3) is 0.318. The maximum absolute atomic E-state index is 12.9. The summed E-state index contributed by atoms with van der Waals surface area (Å²) in [5.41, 5.74) is 6.61. The molecule has 2 amide bonds. The molecule has 1 fully saturated rings. The third kappa shape index (κ3) is 2.81. The van der Waals surface area contributed by atoms with Crippen LogP contribution in [0.25, 0.3) is 5.57 Å². The molecule has 0 atom stereocenters. The highest BCUT2D eigenvalue weighted by Crippen LogP contribution is 2.34. The number of aromatic nitrogens is 1. The van der Waals surface area contributed by atoms with Crippen molar-refractivity contribution in [2.75, 3.05) is 33.2 Å². The van der Waals surface area contributed by atoms with Gasteiger partial charge in [-0.05, 0) is 41.9 Å². The Labute approximate surface area is 163 Å². The molecule has 0 bridgehead atoms. The van der Waals surface area contributed by atoms with Crippen LogP contribution in [0, 0.1) is 0 Å². The summed E-state index contributed by atoms with van der Waals surface area (Å²) in [7, 11) is 2.08. The number of hydrogen-bond donors (Lipinski definition) is 1. The molecule has 6 heteroatoms. The van der Waals surface area contributed by atoms with Crippen molar-refractivity contribution in [3.05, 3.63) is 70.0 Å². The Hall–Kier alpha value is -2.99. The lowest BCUT2D eigenvalue weighted by atomic mass is 9.96. The Morgan fingerprint density at radius 2 is 1.93 bits per heavy atom. The fourth-order valence-corrected chi connectivity index (χ4v) is 4.18. The average molecular weight is 374 g/mol. The predicted molar refractivity (Wildman–Crippen MR) is 106 cm³/mol. The lowest BCUT2D eigenvalue weighted by molar-refractivity contribution is 0.0663. The lowest BCUT2D eigenvalue weighted by Gasteiger charge is -2.32. The monoisotopic (exact) mass is 374 g/mol. The van der Waals surface area contributed by atoms with Gasteiger partial charge in [0.15, 0.2) is 0 Å². The van der Waals surface area contributed by atoms with Gasteiger partial charge in [0.2, 0.25) is 0 Å². The molecule has 2 aliphatic heterocycles. The van der Waals surface area contributed by atoms with Crippen LogP contribution in [0.15, 0.2) is 36.5 Å². The van der Waals surface area contributed by atoms with E-state index in [1.165, 1.54) is 0 Å². The highest BCUT2D eigenvalue weighted by molar-refractivity contribution is 5.99. The number of allylic oxidation sites excluding steroid dienone is 1. The summed E-state index contributed by atoms with van der Waals surface area (Å²) in [5.74, 6) is 0.0440. The van der Waals surface area contributed by atoms with Crippen LogP contribution in [0.2, 0.25) is 0 Å². The van der Waals surface area contributed by atoms with Gasteiger partial charge in [0, 0.05) is 56.5 Å². The summed E-state index contributed by atoms with van der Waals surface area (Å²) in [6, 6.07) is 7.93. The molecular formula is C22H22N4O2. The quantitative estimate of drug-likeness (QED) is 0.869. The number of fused-ring (bicyclic) bond motifs is 2. The molecule has 5 rings (SSSR count). The number of likely N-dealkylation sites (N-methyl/N-ethyl adjacent to an activating group) is 1. The van der Waals surface area contributed by atoms with E-state index >= 15 is 0 Å². The summed E-state index contributed by atoms with van der Waals surface area (Å²) in [5, 5.41) is 2.86. The van der Waals surface area contributed by atoms with Gasteiger partial charge in [0.1, 0.15) is 0 Å². The molecule has 142 valence electrons. The Kier molecular flexibility index (Phi) is 4.02. The van der Waals surface area contributed by atoms with Crippen LogP contribution in [0.3, 0.4) is 0 Å². The van der Waals surface area contributed by atoms with Gasteiger partial charge in [-0.1, -0.05) is 12.1 Å². The molecule has 2 aromatic rings. The Balaban J connectivity index is 1.44. The van der Waals surface area contributed by atoms with E-state index in [9.17, 15) is 9.59 Å². The molecule has 3 aliphatic rings. The van der Waals surface area contributed by atoms with Gasteiger partial charge in [-0.3, -0.25) is 14.6 Å². The number of nitrogens with one attached hydrogen (secondary N) is 1. The van der Waals surface area contributed by atoms with Gasteiger partial charge in [0.05, 0.1) is 11.3 Å². The van der Waals surface area contributed by atoms with Crippen molar-refractivity contribution < 1.29 is 9.59 Å². The fourth-order valence-electron chi connectivity index (χ4n) is 4.18. The van der Waals surface area contributed by atoms with Crippen molar-refractivity contribution in [3.63, 3.8) is 0 Å². The van der Waals surface area contributed by atoms with E-state index in [0.29, 0.717) is 12.1 Å². The van der Waals surface area contributed by atoms with Crippen LogP contribution in [-0.4, -0.2) is 59.8 Å². The van der Waals surface area contributed by atoms with Crippen LogP contribution >= 0.6 is 0 Å². The molecule has 0 unspecified atom stereocenters. The van der Waals surface area contributed by atoms with Gasteiger partial charge < -0.3 is 15.1 Å². The molecule has 1 N–H and O–H groups in total. The molecule has 1 aromatic carbocycles. The molecule has 1 saturated heterocycles. The van der Waals surface area contributed by atoms with E-state index in [-0.39, 0.29) is 11.8 Å². The third-order valence-corrected chi connectivity index (χ3v) is 5.90. The van der Waals surface area contributed by atoms with Gasteiger partial charge in [-0.15, -0.1) is 0 Å². The van der Waals surface area contributed by atoms with Crippen LogP contribution in [0.4, 0.5) is 0 Å². The number of hydrogen-bond acceptors (Lipinski definition) is 4. The average Bonchev–Trinajstić information content (AvgIpc) is 3.31. The first kappa shape index (κ1) is 17.1. The number of rotatable bonds is 2. The Bertz CT molecular complexity index is 1020. The van der Waals surface area contributed by atoms with Crippen molar-refractivity contribution in [2.45, 2.75) is 13.0 Å². The van der Waals surface area contributed by atoms with E-state index in [2.05, 4.69) is 34.4 Å². The number of amides is 2. The molecule has 0 saturated carbocycles. The Morgan fingerprint density at radius 3 is 2.75 bits per heavy atom. The highest BCUT2D eigenvalue weighted by atomic mass is 16.2. The number of nitrogens with zero attached hydrogens (tertiary/aromatic N) is 3. The summed E-state index contributed by atoms with van der Waals surface area (Å²) in [6.45, 7) is 3.87. The van der Waals surface area contributed by atoms with Crippen molar-refractivity contribution >= 4 is 17.4 Å². The van der Waals surface area contributed by atoms with Crippen molar-refractivity contribution in [1.82, 2.24) is 20.1 Å². The third-order valence-electron chi connectivity index (χ3n) is 5.90. The van der Waals surface area contributed by atoms with E-state index in [1.807, 2.05) is 23.1 Å². The van der Waals surface area contributed by atoms with E-state index in [0.717, 1.165) is 66.1 Å². The largest absolute Gasteiger partial charge is 0.348 e. The predicted octanol–water partition coefficient (Wildman–Crippen LogP) is 1.70. The van der Waals surface area contributed by atoms with E-state index in [1.54, 1.807) is 6.20 Å². The second-order valence-corrected chi connectivity index (χ2v) is 7.69.